The number of hydrogen-bond donors (Lipinski definition) is 1. The van der Waals surface area contributed by atoms with Gasteiger partial charge in [0.25, 0.3) is 5.89 Å². The van der Waals surface area contributed by atoms with Gasteiger partial charge in [-0.25, -0.2) is 4.39 Å². The quantitative estimate of drug-likeness (QED) is 0.793. The highest BCUT2D eigenvalue weighted by atomic mass is 19.1. The van der Waals surface area contributed by atoms with E-state index in [-0.39, 0.29) is 11.6 Å². The van der Waals surface area contributed by atoms with Crippen LogP contribution < -0.4 is 5.73 Å². The van der Waals surface area contributed by atoms with Gasteiger partial charge in [0.15, 0.2) is 0 Å². The molecule has 0 radical (unpaired) electrons. The van der Waals surface area contributed by atoms with Crippen molar-refractivity contribution in [2.75, 3.05) is 0 Å². The molecular weight excluding hydrogens is 257 g/mol. The van der Waals surface area contributed by atoms with Crippen molar-refractivity contribution >= 4 is 0 Å². The number of benzene rings is 2. The lowest BCUT2D eigenvalue weighted by Gasteiger charge is -1.98. The number of rotatable bonds is 3. The Morgan fingerprint density at radius 2 is 1.95 bits per heavy atom. The first-order chi connectivity index (χ1) is 9.78. The Morgan fingerprint density at radius 1 is 1.10 bits per heavy atom. The van der Waals surface area contributed by atoms with E-state index in [1.165, 1.54) is 6.07 Å². The summed E-state index contributed by atoms with van der Waals surface area (Å²) in [5.41, 5.74) is 7.65. The van der Waals surface area contributed by atoms with Gasteiger partial charge in [-0.2, -0.15) is 4.98 Å². The van der Waals surface area contributed by atoms with E-state index in [0.29, 0.717) is 18.0 Å². The van der Waals surface area contributed by atoms with Gasteiger partial charge < -0.3 is 10.3 Å². The normalized spacial score (nSPS) is 10.7. The maximum absolute atomic E-state index is 13.7. The topological polar surface area (TPSA) is 64.9 Å². The largest absolute Gasteiger partial charge is 0.334 e. The van der Waals surface area contributed by atoms with Gasteiger partial charge in [0.1, 0.15) is 5.82 Å². The average molecular weight is 269 g/mol. The molecule has 1 heterocycles. The molecule has 20 heavy (non-hydrogen) atoms. The second-order valence-electron chi connectivity index (χ2n) is 4.31. The van der Waals surface area contributed by atoms with Crippen LogP contribution in [-0.4, -0.2) is 10.1 Å². The zero-order valence-electron chi connectivity index (χ0n) is 10.6. The molecule has 0 spiro atoms. The maximum atomic E-state index is 13.7. The molecule has 5 heteroatoms. The Kier molecular flexibility index (Phi) is 3.26. The second-order valence-corrected chi connectivity index (χ2v) is 4.31. The highest BCUT2D eigenvalue weighted by Crippen LogP contribution is 2.24. The molecule has 0 unspecified atom stereocenters. The molecule has 0 amide bonds. The monoisotopic (exact) mass is 269 g/mol. The van der Waals surface area contributed by atoms with E-state index in [1.54, 1.807) is 18.2 Å². The summed E-state index contributed by atoms with van der Waals surface area (Å²) >= 11 is 0. The molecule has 0 bridgehead atoms. The molecule has 0 atom stereocenters. The van der Waals surface area contributed by atoms with Gasteiger partial charge in [-0.15, -0.1) is 0 Å². The van der Waals surface area contributed by atoms with E-state index in [4.69, 9.17) is 10.3 Å². The van der Waals surface area contributed by atoms with Crippen molar-refractivity contribution in [2.24, 2.45) is 5.73 Å². The Morgan fingerprint density at radius 3 is 2.75 bits per heavy atom. The summed E-state index contributed by atoms with van der Waals surface area (Å²) in [6.45, 7) is 0.433. The Labute approximate surface area is 115 Å². The van der Waals surface area contributed by atoms with Crippen molar-refractivity contribution in [2.45, 2.75) is 6.54 Å². The summed E-state index contributed by atoms with van der Waals surface area (Å²) in [7, 11) is 0. The predicted molar refractivity (Wildman–Crippen MR) is 73.0 cm³/mol. The van der Waals surface area contributed by atoms with Crippen LogP contribution in [0.5, 0.6) is 0 Å². The fourth-order valence-corrected chi connectivity index (χ4v) is 1.92. The molecular formula is C15H12FN3O. The second kappa shape index (κ2) is 5.22. The summed E-state index contributed by atoms with van der Waals surface area (Å²) in [4.78, 5) is 4.23. The van der Waals surface area contributed by atoms with Crippen molar-refractivity contribution in [1.82, 2.24) is 10.1 Å². The summed E-state index contributed by atoms with van der Waals surface area (Å²) < 4.78 is 18.9. The van der Waals surface area contributed by atoms with Crippen LogP contribution in [0.25, 0.3) is 22.8 Å². The van der Waals surface area contributed by atoms with Gasteiger partial charge in [0, 0.05) is 12.1 Å². The molecule has 4 nitrogen and oxygen atoms in total. The Bertz CT molecular complexity index is 739. The van der Waals surface area contributed by atoms with Gasteiger partial charge in [-0.05, 0) is 29.8 Å². The van der Waals surface area contributed by atoms with Crippen LogP contribution in [0.4, 0.5) is 4.39 Å². The van der Waals surface area contributed by atoms with Crippen molar-refractivity contribution in [3.05, 3.63) is 59.9 Å². The first-order valence-corrected chi connectivity index (χ1v) is 6.16. The van der Waals surface area contributed by atoms with Crippen LogP contribution in [0.2, 0.25) is 0 Å². The van der Waals surface area contributed by atoms with E-state index in [0.717, 1.165) is 11.1 Å². The molecule has 0 aliphatic rings. The van der Waals surface area contributed by atoms with E-state index >= 15 is 0 Å². The first kappa shape index (κ1) is 12.5. The summed E-state index contributed by atoms with van der Waals surface area (Å²) in [5, 5.41) is 3.82. The van der Waals surface area contributed by atoms with Crippen LogP contribution in [0.3, 0.4) is 0 Å². The van der Waals surface area contributed by atoms with Crippen molar-refractivity contribution in [3.8, 4) is 22.8 Å². The number of nitrogens with zero attached hydrogens (tertiary/aromatic N) is 2. The van der Waals surface area contributed by atoms with Crippen LogP contribution in [-0.2, 0) is 6.54 Å². The predicted octanol–water partition coefficient (Wildman–Crippen LogP) is 3.00. The molecule has 2 aromatic carbocycles. The zero-order chi connectivity index (χ0) is 13.9. The maximum Gasteiger partial charge on any atom is 0.258 e. The van der Waals surface area contributed by atoms with Crippen LogP contribution in [0.15, 0.2) is 53.1 Å². The van der Waals surface area contributed by atoms with Crippen LogP contribution in [0, 0.1) is 5.82 Å². The van der Waals surface area contributed by atoms with Gasteiger partial charge >= 0.3 is 0 Å². The minimum Gasteiger partial charge on any atom is -0.334 e. The third-order valence-corrected chi connectivity index (χ3v) is 2.95. The molecule has 2 N–H and O–H groups in total. The van der Waals surface area contributed by atoms with Crippen molar-refractivity contribution < 1.29 is 8.91 Å². The lowest BCUT2D eigenvalue weighted by molar-refractivity contribution is 0.432. The highest BCUT2D eigenvalue weighted by molar-refractivity contribution is 5.60. The molecule has 0 saturated carbocycles. The molecule has 0 aliphatic heterocycles. The highest BCUT2D eigenvalue weighted by Gasteiger charge is 2.13. The average Bonchev–Trinajstić information content (AvgIpc) is 2.97. The Balaban J connectivity index is 2.00. The lowest BCUT2D eigenvalue weighted by atomic mass is 10.1. The smallest absolute Gasteiger partial charge is 0.258 e. The van der Waals surface area contributed by atoms with E-state index in [9.17, 15) is 4.39 Å². The van der Waals surface area contributed by atoms with Crippen LogP contribution in [0.1, 0.15) is 5.56 Å². The fraction of sp³-hybridized carbons (Fsp3) is 0.0667. The van der Waals surface area contributed by atoms with E-state index < -0.39 is 0 Å². The van der Waals surface area contributed by atoms with Gasteiger partial charge in [-0.1, -0.05) is 29.4 Å². The Hall–Kier alpha value is -2.53. The summed E-state index contributed by atoms with van der Waals surface area (Å²) in [6.07, 6.45) is 0. The number of nitrogens with two attached hydrogens (primary N) is 1. The summed E-state index contributed by atoms with van der Waals surface area (Å²) in [6, 6.07) is 13.8. The number of hydrogen-bond acceptors (Lipinski definition) is 4. The van der Waals surface area contributed by atoms with Crippen LogP contribution >= 0.6 is 0 Å². The van der Waals surface area contributed by atoms with Gasteiger partial charge in [0.2, 0.25) is 5.82 Å². The number of halogens is 1. The molecule has 3 aromatic rings. The van der Waals surface area contributed by atoms with Gasteiger partial charge in [-0.3, -0.25) is 0 Å². The van der Waals surface area contributed by atoms with Gasteiger partial charge in [0.05, 0.1) is 5.56 Å². The van der Waals surface area contributed by atoms with E-state index in [1.807, 2.05) is 24.3 Å². The molecule has 100 valence electrons. The minimum atomic E-state index is -0.379. The standard InChI is InChI=1S/C15H12FN3O/c16-13-7-2-1-6-12(13)14-18-15(20-19-14)11-5-3-4-10(8-11)9-17/h1-8H,9,17H2. The molecule has 0 saturated heterocycles. The first-order valence-electron chi connectivity index (χ1n) is 6.16. The lowest BCUT2D eigenvalue weighted by Crippen LogP contribution is -1.95. The molecule has 0 aliphatic carbocycles. The molecule has 0 fully saturated rings. The van der Waals surface area contributed by atoms with Crippen molar-refractivity contribution in [1.29, 1.82) is 0 Å². The van der Waals surface area contributed by atoms with Crippen molar-refractivity contribution in [3.63, 3.8) is 0 Å². The third kappa shape index (κ3) is 2.31. The number of aromatic nitrogens is 2. The third-order valence-electron chi connectivity index (χ3n) is 2.95. The van der Waals surface area contributed by atoms with E-state index in [2.05, 4.69) is 10.1 Å². The SMILES string of the molecule is NCc1cccc(-c2nc(-c3ccccc3F)no2)c1. The minimum absolute atomic E-state index is 0.233. The zero-order valence-corrected chi connectivity index (χ0v) is 10.6. The fourth-order valence-electron chi connectivity index (χ4n) is 1.92. The molecule has 1 aromatic heterocycles. The molecule has 3 rings (SSSR count). The summed E-state index contributed by atoms with van der Waals surface area (Å²) in [5.74, 6) is 0.199.